The summed E-state index contributed by atoms with van der Waals surface area (Å²) in [5.74, 6) is 0.00549. The second-order valence-corrected chi connectivity index (χ2v) is 8.81. The Morgan fingerprint density at radius 2 is 2.00 bits per heavy atom. The van der Waals surface area contributed by atoms with Gasteiger partial charge >= 0.3 is 12.0 Å². The molecule has 1 aromatic rings. The Morgan fingerprint density at radius 1 is 1.34 bits per heavy atom. The summed E-state index contributed by atoms with van der Waals surface area (Å²) in [7, 11) is 0. The Morgan fingerprint density at radius 3 is 2.55 bits per heavy atom. The van der Waals surface area contributed by atoms with Crippen LogP contribution >= 0.6 is 0 Å². The summed E-state index contributed by atoms with van der Waals surface area (Å²) in [5.41, 5.74) is -0.688. The normalized spacial score (nSPS) is 26.0. The molecule has 29 heavy (non-hydrogen) atoms. The van der Waals surface area contributed by atoms with E-state index in [1.807, 2.05) is 0 Å². The van der Waals surface area contributed by atoms with E-state index in [2.05, 4.69) is 36.3 Å². The average Bonchev–Trinajstić information content (AvgIpc) is 3.20. The first-order valence-corrected chi connectivity index (χ1v) is 10.2. The number of hydrogen-bond acceptors (Lipinski definition) is 7. The molecule has 1 spiro atoms. The predicted molar refractivity (Wildman–Crippen MR) is 103 cm³/mol. The number of carbonyl (C=O) groups is 3. The molecule has 9 heteroatoms. The fraction of sp³-hybridized carbons (Fsp3) is 0.750. The van der Waals surface area contributed by atoms with Gasteiger partial charge in [-0.05, 0) is 43.9 Å². The topological polar surface area (TPSA) is 115 Å². The predicted octanol–water partition coefficient (Wildman–Crippen LogP) is 2.90. The van der Waals surface area contributed by atoms with E-state index in [-0.39, 0.29) is 17.2 Å². The number of rotatable bonds is 6. The van der Waals surface area contributed by atoms with E-state index in [1.54, 1.807) is 13.8 Å². The van der Waals surface area contributed by atoms with Crippen LogP contribution in [0.5, 0.6) is 0 Å². The van der Waals surface area contributed by atoms with Crippen molar-refractivity contribution in [2.24, 2.45) is 11.3 Å². The molecule has 0 bridgehead atoms. The summed E-state index contributed by atoms with van der Waals surface area (Å²) in [6.45, 7) is 9.46. The number of aryl methyl sites for hydroxylation is 1. The van der Waals surface area contributed by atoms with Gasteiger partial charge in [-0.15, -0.1) is 10.2 Å². The van der Waals surface area contributed by atoms with Crippen LogP contribution in [0.3, 0.4) is 0 Å². The highest BCUT2D eigenvalue weighted by Crippen LogP contribution is 2.45. The van der Waals surface area contributed by atoms with Crippen LogP contribution in [-0.4, -0.2) is 45.1 Å². The zero-order valence-electron chi connectivity index (χ0n) is 17.8. The Bertz CT molecular complexity index is 795. The van der Waals surface area contributed by atoms with Crippen LogP contribution in [0.4, 0.5) is 4.79 Å². The van der Waals surface area contributed by atoms with Gasteiger partial charge in [0.05, 0.1) is 0 Å². The van der Waals surface area contributed by atoms with Crippen LogP contribution < -0.4 is 5.32 Å². The molecular weight excluding hydrogens is 376 g/mol. The fourth-order valence-electron chi connectivity index (χ4n) is 4.23. The highest BCUT2D eigenvalue weighted by atomic mass is 16.6. The second kappa shape index (κ2) is 7.76. The molecule has 3 amide bonds. The van der Waals surface area contributed by atoms with E-state index in [0.29, 0.717) is 24.7 Å². The van der Waals surface area contributed by atoms with Crippen molar-refractivity contribution in [2.75, 3.05) is 6.54 Å². The van der Waals surface area contributed by atoms with Gasteiger partial charge in [-0.2, -0.15) is 0 Å². The highest BCUT2D eigenvalue weighted by molar-refractivity contribution is 6.08. The van der Waals surface area contributed by atoms with Crippen LogP contribution in [0, 0.1) is 18.3 Å². The molecule has 1 atom stereocenters. The molecule has 1 aromatic heterocycles. The summed E-state index contributed by atoms with van der Waals surface area (Å²) in [5, 5.41) is 10.3. The fourth-order valence-corrected chi connectivity index (χ4v) is 4.23. The monoisotopic (exact) mass is 406 g/mol. The number of esters is 1. The van der Waals surface area contributed by atoms with E-state index in [9.17, 15) is 14.4 Å². The molecule has 1 saturated heterocycles. The van der Waals surface area contributed by atoms with Gasteiger partial charge in [0.2, 0.25) is 5.89 Å². The molecule has 3 rings (SSSR count). The lowest BCUT2D eigenvalue weighted by atomic mass is 9.65. The molecule has 1 aliphatic carbocycles. The maximum absolute atomic E-state index is 13.0. The van der Waals surface area contributed by atoms with Gasteiger partial charge in [0, 0.05) is 6.92 Å². The van der Waals surface area contributed by atoms with Crippen molar-refractivity contribution in [3.63, 3.8) is 0 Å². The van der Waals surface area contributed by atoms with Gasteiger partial charge in [-0.25, -0.2) is 4.79 Å². The van der Waals surface area contributed by atoms with Crippen LogP contribution in [0.25, 0.3) is 0 Å². The number of ether oxygens (including phenoxy) is 1. The first-order valence-electron chi connectivity index (χ1n) is 10.2. The third-order valence-corrected chi connectivity index (χ3v) is 6.59. The lowest BCUT2D eigenvalue weighted by molar-refractivity contribution is -0.153. The van der Waals surface area contributed by atoms with Crippen LogP contribution in [0.15, 0.2) is 4.42 Å². The third-order valence-electron chi connectivity index (χ3n) is 6.59. The summed E-state index contributed by atoms with van der Waals surface area (Å²) in [4.78, 5) is 38.7. The Hall–Kier alpha value is -2.45. The van der Waals surface area contributed by atoms with Gasteiger partial charge < -0.3 is 14.5 Å². The highest BCUT2D eigenvalue weighted by Gasteiger charge is 2.54. The molecule has 0 aromatic carbocycles. The molecule has 2 heterocycles. The molecule has 9 nitrogen and oxygen atoms in total. The van der Waals surface area contributed by atoms with Crippen LogP contribution in [0.2, 0.25) is 0 Å². The van der Waals surface area contributed by atoms with E-state index >= 15 is 0 Å². The number of carbonyl (C=O) groups excluding carboxylic acids is 3. The number of aromatic nitrogens is 2. The zero-order chi connectivity index (χ0) is 21.4. The van der Waals surface area contributed by atoms with Gasteiger partial charge in [0.25, 0.3) is 11.8 Å². The van der Waals surface area contributed by atoms with Crippen LogP contribution in [0.1, 0.15) is 77.7 Å². The number of nitrogens with one attached hydrogen (secondary N) is 1. The van der Waals surface area contributed by atoms with E-state index < -0.39 is 30.2 Å². The Labute approximate surface area is 170 Å². The second-order valence-electron chi connectivity index (χ2n) is 8.81. The number of imide groups is 1. The van der Waals surface area contributed by atoms with Crippen molar-refractivity contribution in [2.45, 2.75) is 78.4 Å². The summed E-state index contributed by atoms with van der Waals surface area (Å²) in [6.07, 6.45) is 3.24. The Balaban J connectivity index is 1.60. The van der Waals surface area contributed by atoms with Gasteiger partial charge in [-0.3, -0.25) is 14.5 Å². The van der Waals surface area contributed by atoms with Gasteiger partial charge in [-0.1, -0.05) is 27.2 Å². The molecule has 2 fully saturated rings. The third kappa shape index (κ3) is 4.13. The standard InChI is InChI=1S/C20H30N4O5/c1-6-19(4,5)14-7-9-20(10-8-14)17(26)24(18(27)21-20)11-15(25)28-12(2)16-23-22-13(3)29-16/h12,14H,6-11H2,1-5H3,(H,21,27). The molecule has 160 valence electrons. The maximum Gasteiger partial charge on any atom is 0.327 e. The zero-order valence-corrected chi connectivity index (χ0v) is 17.8. The molecule has 1 saturated carbocycles. The number of urea groups is 1. The van der Waals surface area contributed by atoms with Crippen molar-refractivity contribution in [1.29, 1.82) is 0 Å². The number of hydrogen-bond donors (Lipinski definition) is 1. The Kier molecular flexibility index (Phi) is 5.69. The minimum absolute atomic E-state index is 0.168. The van der Waals surface area contributed by atoms with E-state index in [0.717, 1.165) is 24.2 Å². The van der Waals surface area contributed by atoms with E-state index in [1.165, 1.54) is 0 Å². The SMILES string of the molecule is CCC(C)(C)C1CCC2(CC1)NC(=O)N(CC(=O)OC(C)c1nnc(C)o1)C2=O. The summed E-state index contributed by atoms with van der Waals surface area (Å²) in [6, 6.07) is -0.540. The summed E-state index contributed by atoms with van der Waals surface area (Å²) < 4.78 is 10.5. The van der Waals surface area contributed by atoms with E-state index in [4.69, 9.17) is 9.15 Å². The molecule has 0 radical (unpaired) electrons. The average molecular weight is 406 g/mol. The van der Waals surface area contributed by atoms with Gasteiger partial charge in [0.1, 0.15) is 12.1 Å². The first-order chi connectivity index (χ1) is 13.6. The van der Waals surface area contributed by atoms with Crippen molar-refractivity contribution < 1.29 is 23.5 Å². The largest absolute Gasteiger partial charge is 0.451 e. The van der Waals surface area contributed by atoms with Crippen molar-refractivity contribution in [3.05, 3.63) is 11.8 Å². The maximum atomic E-state index is 13.0. The number of amides is 3. The molecule has 1 unspecified atom stereocenters. The van der Waals surface area contributed by atoms with Crippen LogP contribution in [-0.2, 0) is 14.3 Å². The van der Waals surface area contributed by atoms with Crippen molar-refractivity contribution in [3.8, 4) is 0 Å². The molecule has 1 N–H and O–H groups in total. The first kappa shape index (κ1) is 21.3. The minimum Gasteiger partial charge on any atom is -0.451 e. The molecule has 2 aliphatic rings. The summed E-state index contributed by atoms with van der Waals surface area (Å²) >= 11 is 0. The smallest absolute Gasteiger partial charge is 0.327 e. The minimum atomic E-state index is -0.896. The molecular formula is C20H30N4O5. The lowest BCUT2D eigenvalue weighted by Crippen LogP contribution is -2.51. The van der Waals surface area contributed by atoms with Crippen molar-refractivity contribution in [1.82, 2.24) is 20.4 Å². The van der Waals surface area contributed by atoms with Gasteiger partial charge in [0.15, 0.2) is 6.10 Å². The quantitative estimate of drug-likeness (QED) is 0.570. The molecule has 1 aliphatic heterocycles. The van der Waals surface area contributed by atoms with Crippen molar-refractivity contribution >= 4 is 17.9 Å². The number of nitrogens with zero attached hydrogens (tertiary/aromatic N) is 3. The lowest BCUT2D eigenvalue weighted by Gasteiger charge is -2.42.